The summed E-state index contributed by atoms with van der Waals surface area (Å²) in [6.45, 7) is 3.37. The number of aliphatic carboxylic acids is 1. The summed E-state index contributed by atoms with van der Waals surface area (Å²) in [5, 5.41) is 11.4. The third-order valence-corrected chi connectivity index (χ3v) is 2.63. The molecule has 114 valence electrons. The van der Waals surface area contributed by atoms with Crippen LogP contribution in [0.1, 0.15) is 22.3 Å². The minimum absolute atomic E-state index is 0.0221. The van der Waals surface area contributed by atoms with Gasteiger partial charge in [-0.05, 0) is 24.6 Å². The molecule has 1 unspecified atom stereocenters. The number of primary amides is 1. The summed E-state index contributed by atoms with van der Waals surface area (Å²) >= 11 is 0. The quantitative estimate of drug-likeness (QED) is 0.703. The number of rotatable bonds is 6. The summed E-state index contributed by atoms with van der Waals surface area (Å²) < 4.78 is 38.6. The Hall–Kier alpha value is -2.51. The van der Waals surface area contributed by atoms with Gasteiger partial charge in [0.05, 0.1) is 11.1 Å². The van der Waals surface area contributed by atoms with Crippen LogP contribution in [0.3, 0.4) is 0 Å². The van der Waals surface area contributed by atoms with Crippen LogP contribution in [0.5, 0.6) is 0 Å². The number of hydrogen-bond donors (Lipinski definition) is 3. The summed E-state index contributed by atoms with van der Waals surface area (Å²) in [7, 11) is 0. The van der Waals surface area contributed by atoms with Crippen molar-refractivity contribution in [2.45, 2.75) is 18.6 Å². The Balaban J connectivity index is 3.19. The molecule has 1 amide bonds. The molecule has 4 N–H and O–H groups in total. The van der Waals surface area contributed by atoms with Crippen molar-refractivity contribution in [1.29, 1.82) is 0 Å². The number of nitrogens with one attached hydrogen (secondary N) is 1. The van der Waals surface area contributed by atoms with Gasteiger partial charge in [0.15, 0.2) is 0 Å². The van der Waals surface area contributed by atoms with Crippen LogP contribution in [-0.2, 0) is 11.0 Å². The lowest BCUT2D eigenvalue weighted by Crippen LogP contribution is -2.29. The number of carbonyl (C=O) groups excluding carboxylic acids is 1. The first-order valence-corrected chi connectivity index (χ1v) is 5.78. The highest BCUT2D eigenvalue weighted by atomic mass is 19.4. The highest BCUT2D eigenvalue weighted by Gasteiger charge is 2.35. The van der Waals surface area contributed by atoms with E-state index in [0.717, 1.165) is 12.1 Å². The zero-order chi connectivity index (χ0) is 16.2. The molecule has 1 aromatic rings. The van der Waals surface area contributed by atoms with E-state index in [1.807, 2.05) is 0 Å². The molecule has 21 heavy (non-hydrogen) atoms. The third kappa shape index (κ3) is 4.23. The van der Waals surface area contributed by atoms with Crippen LogP contribution in [0, 0.1) is 0 Å². The fourth-order valence-electron chi connectivity index (χ4n) is 1.67. The molecule has 0 bridgehead atoms. The number of halogens is 3. The number of carboxylic acid groups (broad SMARTS) is 1. The molecule has 0 spiro atoms. The molecular formula is C13H13F3N2O3. The number of anilines is 1. The molecule has 1 rings (SSSR count). The van der Waals surface area contributed by atoms with Gasteiger partial charge in [0, 0.05) is 5.69 Å². The molecule has 1 atom stereocenters. The van der Waals surface area contributed by atoms with Crippen LogP contribution in [-0.4, -0.2) is 23.0 Å². The monoisotopic (exact) mass is 302 g/mol. The van der Waals surface area contributed by atoms with Crippen molar-refractivity contribution in [3.8, 4) is 0 Å². The zero-order valence-electron chi connectivity index (χ0n) is 10.8. The second-order valence-electron chi connectivity index (χ2n) is 4.18. The third-order valence-electron chi connectivity index (χ3n) is 2.63. The number of hydrogen-bond acceptors (Lipinski definition) is 3. The molecule has 0 fully saturated rings. The first-order chi connectivity index (χ1) is 9.66. The summed E-state index contributed by atoms with van der Waals surface area (Å²) in [5.74, 6) is -2.45. The second-order valence-corrected chi connectivity index (χ2v) is 4.18. The van der Waals surface area contributed by atoms with E-state index in [-0.39, 0.29) is 12.1 Å². The summed E-state index contributed by atoms with van der Waals surface area (Å²) in [6.07, 6.45) is -3.43. The Morgan fingerprint density at radius 1 is 1.43 bits per heavy atom. The predicted molar refractivity (Wildman–Crippen MR) is 69.8 cm³/mol. The first-order valence-electron chi connectivity index (χ1n) is 5.78. The van der Waals surface area contributed by atoms with Gasteiger partial charge in [0.2, 0.25) is 5.91 Å². The van der Waals surface area contributed by atoms with E-state index in [9.17, 15) is 22.8 Å². The Morgan fingerprint density at radius 3 is 2.48 bits per heavy atom. The van der Waals surface area contributed by atoms with E-state index in [1.54, 1.807) is 0 Å². The van der Waals surface area contributed by atoms with Crippen molar-refractivity contribution in [2.24, 2.45) is 5.73 Å². The fraction of sp³-hybridized carbons (Fsp3) is 0.231. The predicted octanol–water partition coefficient (Wildman–Crippen LogP) is 2.25. The topological polar surface area (TPSA) is 92.4 Å². The molecule has 0 aromatic heterocycles. The molecule has 1 aromatic carbocycles. The minimum atomic E-state index is -4.78. The Morgan fingerprint density at radius 2 is 2.05 bits per heavy atom. The van der Waals surface area contributed by atoms with Crippen LogP contribution >= 0.6 is 0 Å². The second kappa shape index (κ2) is 6.29. The maximum Gasteiger partial charge on any atom is 0.417 e. The lowest BCUT2D eigenvalue weighted by atomic mass is 10.0. The van der Waals surface area contributed by atoms with Crippen molar-refractivity contribution in [3.63, 3.8) is 0 Å². The van der Waals surface area contributed by atoms with Crippen LogP contribution < -0.4 is 11.1 Å². The van der Waals surface area contributed by atoms with Crippen LogP contribution in [0.15, 0.2) is 30.9 Å². The lowest BCUT2D eigenvalue weighted by molar-refractivity contribution is -0.138. The van der Waals surface area contributed by atoms with Gasteiger partial charge in [-0.3, -0.25) is 4.79 Å². The van der Waals surface area contributed by atoms with Crippen LogP contribution in [0.25, 0.3) is 0 Å². The summed E-state index contributed by atoms with van der Waals surface area (Å²) in [5.41, 5.74) is 2.91. The van der Waals surface area contributed by atoms with Gasteiger partial charge in [-0.1, -0.05) is 6.08 Å². The fourth-order valence-corrected chi connectivity index (χ4v) is 1.67. The van der Waals surface area contributed by atoms with Crippen LogP contribution in [0.2, 0.25) is 0 Å². The highest BCUT2D eigenvalue weighted by molar-refractivity contribution is 5.95. The van der Waals surface area contributed by atoms with E-state index < -0.39 is 35.2 Å². The molecule has 0 heterocycles. The molecule has 5 nitrogen and oxygen atoms in total. The molecule has 0 saturated carbocycles. The highest BCUT2D eigenvalue weighted by Crippen LogP contribution is 2.33. The van der Waals surface area contributed by atoms with Gasteiger partial charge in [-0.25, -0.2) is 4.79 Å². The largest absolute Gasteiger partial charge is 0.480 e. The minimum Gasteiger partial charge on any atom is -0.480 e. The SMILES string of the molecule is C=CCC(Nc1ccc(C(N)=O)c(C(F)(F)F)c1)C(=O)O. The Labute approximate surface area is 118 Å². The number of amides is 1. The molecular weight excluding hydrogens is 289 g/mol. The van der Waals surface area contributed by atoms with Gasteiger partial charge in [-0.15, -0.1) is 6.58 Å². The molecule has 8 heteroatoms. The number of nitrogens with two attached hydrogens (primary N) is 1. The molecule has 0 aliphatic carbocycles. The van der Waals surface area contributed by atoms with E-state index in [4.69, 9.17) is 10.8 Å². The van der Waals surface area contributed by atoms with Gasteiger partial charge < -0.3 is 16.2 Å². The summed E-state index contributed by atoms with van der Waals surface area (Å²) in [6, 6.07) is 1.59. The van der Waals surface area contributed by atoms with Crippen molar-refractivity contribution < 1.29 is 27.9 Å². The van der Waals surface area contributed by atoms with Crippen molar-refractivity contribution in [2.75, 3.05) is 5.32 Å². The zero-order valence-corrected chi connectivity index (χ0v) is 10.8. The van der Waals surface area contributed by atoms with E-state index in [1.165, 1.54) is 6.08 Å². The standard InChI is InChI=1S/C13H13F3N2O3/c1-2-3-10(12(20)21)18-7-4-5-8(11(17)19)9(6-7)13(14,15)16/h2,4-6,10,18H,1,3H2,(H2,17,19)(H,20,21). The Kier molecular flexibility index (Phi) is 4.96. The average Bonchev–Trinajstić information content (AvgIpc) is 2.36. The van der Waals surface area contributed by atoms with Gasteiger partial charge >= 0.3 is 12.1 Å². The van der Waals surface area contributed by atoms with Gasteiger partial charge in [0.25, 0.3) is 0 Å². The number of alkyl halides is 3. The van der Waals surface area contributed by atoms with Crippen LogP contribution in [0.4, 0.5) is 18.9 Å². The number of carboxylic acids is 1. The number of benzene rings is 1. The normalized spacial score (nSPS) is 12.5. The van der Waals surface area contributed by atoms with Gasteiger partial charge in [-0.2, -0.15) is 13.2 Å². The molecule has 0 aliphatic heterocycles. The Bertz CT molecular complexity index is 570. The average molecular weight is 302 g/mol. The summed E-state index contributed by atoms with van der Waals surface area (Å²) in [4.78, 5) is 22.0. The van der Waals surface area contributed by atoms with E-state index in [0.29, 0.717) is 6.07 Å². The molecule has 0 radical (unpaired) electrons. The van der Waals surface area contributed by atoms with E-state index >= 15 is 0 Å². The molecule has 0 saturated heterocycles. The molecule has 0 aliphatic rings. The maximum atomic E-state index is 12.9. The van der Waals surface area contributed by atoms with Gasteiger partial charge in [0.1, 0.15) is 6.04 Å². The lowest BCUT2D eigenvalue weighted by Gasteiger charge is -2.17. The van der Waals surface area contributed by atoms with Crippen molar-refractivity contribution in [3.05, 3.63) is 42.0 Å². The number of carbonyl (C=O) groups is 2. The first kappa shape index (κ1) is 16.5. The van der Waals surface area contributed by atoms with Crippen molar-refractivity contribution in [1.82, 2.24) is 0 Å². The maximum absolute atomic E-state index is 12.9. The van der Waals surface area contributed by atoms with Crippen molar-refractivity contribution >= 4 is 17.6 Å². The smallest absolute Gasteiger partial charge is 0.417 e. The van der Waals surface area contributed by atoms with E-state index in [2.05, 4.69) is 11.9 Å².